The molecule has 0 radical (unpaired) electrons. The van der Waals surface area contributed by atoms with Crippen LogP contribution in [0.5, 0.6) is 0 Å². The van der Waals surface area contributed by atoms with Crippen molar-refractivity contribution in [2.45, 2.75) is 6.42 Å². The molecule has 1 aliphatic rings. The number of rotatable bonds is 11. The number of nitrogens with one attached hydrogen (secondary N) is 1. The fourth-order valence-corrected chi connectivity index (χ4v) is 2.53. The summed E-state index contributed by atoms with van der Waals surface area (Å²) in [6.07, 6.45) is 0.589. The van der Waals surface area contributed by atoms with Crippen LogP contribution in [-0.2, 0) is 23.8 Å². The maximum Gasteiger partial charge on any atom is 0.329 e. The molecule has 2 rings (SSSR count). The monoisotopic (exact) mass is 433 g/mol. The van der Waals surface area contributed by atoms with Crippen molar-refractivity contribution in [3.63, 3.8) is 0 Å². The second-order valence-electron chi connectivity index (χ2n) is 5.68. The lowest BCUT2D eigenvalue weighted by Crippen LogP contribution is -2.33. The highest BCUT2D eigenvalue weighted by Gasteiger charge is 2.18. The molecule has 0 atom stereocenters. The van der Waals surface area contributed by atoms with Gasteiger partial charge in [0, 0.05) is 13.0 Å². The Morgan fingerprint density at radius 2 is 1.75 bits per heavy atom. The van der Waals surface area contributed by atoms with Crippen molar-refractivity contribution in [3.05, 3.63) is 28.2 Å². The van der Waals surface area contributed by atoms with E-state index in [4.69, 9.17) is 42.5 Å². The zero-order chi connectivity index (χ0) is 20.4. The predicted molar refractivity (Wildman–Crippen MR) is 104 cm³/mol. The molecule has 1 aromatic carbocycles. The quantitative estimate of drug-likeness (QED) is 0.511. The second kappa shape index (κ2) is 11.8. The topological polar surface area (TPSA) is 110 Å². The smallest absolute Gasteiger partial charge is 0.329 e. The molecule has 0 bridgehead atoms. The molecule has 0 aromatic heterocycles. The first-order chi connectivity index (χ1) is 13.5. The summed E-state index contributed by atoms with van der Waals surface area (Å²) in [5.41, 5.74) is 0.791. The van der Waals surface area contributed by atoms with E-state index in [0.29, 0.717) is 28.8 Å². The number of anilines is 1. The Morgan fingerprint density at radius 1 is 1.07 bits per heavy atom. The van der Waals surface area contributed by atoms with Crippen molar-refractivity contribution in [1.82, 2.24) is 5.32 Å². The molecular formula is C17H21Cl2N3O6. The first-order valence-corrected chi connectivity index (χ1v) is 9.26. The van der Waals surface area contributed by atoms with Crippen LogP contribution in [0.25, 0.3) is 0 Å². The van der Waals surface area contributed by atoms with E-state index in [9.17, 15) is 9.59 Å². The van der Waals surface area contributed by atoms with Gasteiger partial charge in [-0.1, -0.05) is 23.2 Å². The van der Waals surface area contributed by atoms with E-state index in [-0.39, 0.29) is 45.5 Å². The molecule has 9 nitrogen and oxygen atoms in total. The summed E-state index contributed by atoms with van der Waals surface area (Å²) < 4.78 is 15.2. The van der Waals surface area contributed by atoms with Gasteiger partial charge in [0.25, 0.3) is 5.91 Å². The highest BCUT2D eigenvalue weighted by Crippen LogP contribution is 2.28. The molecule has 0 aliphatic carbocycles. The Bertz CT molecular complexity index is 716. The normalized spacial score (nSPS) is 13.5. The number of carboxylic acid groups (broad SMARTS) is 1. The molecule has 0 fully saturated rings. The largest absolute Gasteiger partial charge is 0.480 e. The molecule has 28 heavy (non-hydrogen) atoms. The summed E-state index contributed by atoms with van der Waals surface area (Å²) in [5.74, 6) is -0.785. The zero-order valence-corrected chi connectivity index (χ0v) is 16.5. The van der Waals surface area contributed by atoms with Crippen LogP contribution in [0.4, 0.5) is 5.69 Å². The predicted octanol–water partition coefficient (Wildman–Crippen LogP) is 1.77. The molecule has 1 aromatic rings. The number of amidine groups is 1. The van der Waals surface area contributed by atoms with Gasteiger partial charge in [0.05, 0.1) is 42.2 Å². The second-order valence-corrected chi connectivity index (χ2v) is 6.49. The molecular weight excluding hydrogens is 413 g/mol. The van der Waals surface area contributed by atoms with Crippen molar-refractivity contribution in [2.24, 2.45) is 5.10 Å². The van der Waals surface area contributed by atoms with E-state index >= 15 is 0 Å². The van der Waals surface area contributed by atoms with Gasteiger partial charge >= 0.3 is 5.97 Å². The minimum absolute atomic E-state index is 0.120. The van der Waals surface area contributed by atoms with Gasteiger partial charge in [0.1, 0.15) is 19.0 Å². The van der Waals surface area contributed by atoms with Crippen LogP contribution < -0.4 is 10.3 Å². The zero-order valence-electron chi connectivity index (χ0n) is 15.0. The molecule has 1 aliphatic heterocycles. The van der Waals surface area contributed by atoms with Crippen LogP contribution in [0.15, 0.2) is 23.3 Å². The van der Waals surface area contributed by atoms with Crippen molar-refractivity contribution >= 4 is 46.6 Å². The van der Waals surface area contributed by atoms with E-state index in [1.165, 1.54) is 0 Å². The Kier molecular flexibility index (Phi) is 9.45. The Hall–Kier alpha value is -1.91. The molecule has 1 heterocycles. The maximum atomic E-state index is 11.9. The third-order valence-corrected chi connectivity index (χ3v) is 4.23. The number of carbonyl (C=O) groups excluding carboxylic acids is 1. The van der Waals surface area contributed by atoms with Gasteiger partial charge in [-0.2, -0.15) is 5.10 Å². The molecule has 0 saturated heterocycles. The number of aliphatic carboxylic acids is 1. The third kappa shape index (κ3) is 7.99. The number of hydrazone groups is 1. The lowest BCUT2D eigenvalue weighted by atomic mass is 10.3. The summed E-state index contributed by atoms with van der Waals surface area (Å²) >= 11 is 11.9. The number of ether oxygens (including phenoxy) is 3. The van der Waals surface area contributed by atoms with Gasteiger partial charge in [-0.25, -0.2) is 4.79 Å². The molecule has 0 spiro atoms. The van der Waals surface area contributed by atoms with Crippen LogP contribution in [0.2, 0.25) is 10.0 Å². The highest BCUT2D eigenvalue weighted by molar-refractivity contribution is 6.42. The van der Waals surface area contributed by atoms with E-state index in [1.54, 1.807) is 23.2 Å². The molecule has 1 amide bonds. The van der Waals surface area contributed by atoms with E-state index in [1.807, 2.05) is 0 Å². The molecule has 154 valence electrons. The minimum Gasteiger partial charge on any atom is -0.480 e. The van der Waals surface area contributed by atoms with E-state index in [2.05, 4.69) is 10.4 Å². The number of halogens is 2. The number of nitrogens with zero attached hydrogens (tertiary/aromatic N) is 2. The molecule has 0 saturated carbocycles. The Labute approximate surface area is 172 Å². The average Bonchev–Trinajstić information content (AvgIpc) is 3.10. The summed E-state index contributed by atoms with van der Waals surface area (Å²) in [4.78, 5) is 22.1. The summed E-state index contributed by atoms with van der Waals surface area (Å²) in [5, 5.41) is 18.1. The number of hydrogen-bond donors (Lipinski definition) is 2. The summed E-state index contributed by atoms with van der Waals surface area (Å²) in [7, 11) is 0. The van der Waals surface area contributed by atoms with Gasteiger partial charge in [0.15, 0.2) is 0 Å². The first-order valence-electron chi connectivity index (χ1n) is 8.50. The van der Waals surface area contributed by atoms with Crippen molar-refractivity contribution in [3.8, 4) is 0 Å². The van der Waals surface area contributed by atoms with Crippen LogP contribution in [0.1, 0.15) is 6.42 Å². The van der Waals surface area contributed by atoms with E-state index in [0.717, 1.165) is 5.69 Å². The lowest BCUT2D eigenvalue weighted by molar-refractivity contribution is -0.142. The number of amides is 1. The Balaban J connectivity index is 1.59. The van der Waals surface area contributed by atoms with Crippen LogP contribution in [0.3, 0.4) is 0 Å². The third-order valence-electron chi connectivity index (χ3n) is 3.49. The Morgan fingerprint density at radius 3 is 2.43 bits per heavy atom. The standard InChI is InChI=1S/C17H21Cl2N3O6/c18-13-2-1-12(9-14(13)19)22-4-3-15(21-22)20-16(23)10-27-7-5-26-6-8-28-11-17(24)25/h1-2,9H,3-8,10-11H2,(H,24,25)(H,20,21,23). The van der Waals surface area contributed by atoms with Gasteiger partial charge < -0.3 is 24.6 Å². The first kappa shape index (κ1) is 22.4. The van der Waals surface area contributed by atoms with E-state index < -0.39 is 5.97 Å². The van der Waals surface area contributed by atoms with Gasteiger partial charge in [-0.15, -0.1) is 0 Å². The van der Waals surface area contributed by atoms with Gasteiger partial charge in [-0.3, -0.25) is 9.80 Å². The lowest BCUT2D eigenvalue weighted by Gasteiger charge is -2.13. The number of carboxylic acids is 1. The maximum absolute atomic E-state index is 11.9. The SMILES string of the molecule is O=C(O)COCCOCCOCC(=O)NC1=NN(c2ccc(Cl)c(Cl)c2)CC1. The fraction of sp³-hybridized carbons (Fsp3) is 0.471. The van der Waals surface area contributed by atoms with Crippen molar-refractivity contribution in [2.75, 3.05) is 51.2 Å². The minimum atomic E-state index is -1.03. The number of hydrogen-bond acceptors (Lipinski definition) is 7. The number of carbonyl (C=O) groups is 2. The van der Waals surface area contributed by atoms with Crippen LogP contribution in [-0.4, -0.2) is 69.0 Å². The van der Waals surface area contributed by atoms with Gasteiger partial charge in [-0.05, 0) is 18.2 Å². The van der Waals surface area contributed by atoms with Gasteiger partial charge in [0.2, 0.25) is 0 Å². The number of benzene rings is 1. The summed E-state index contributed by atoms with van der Waals surface area (Å²) in [6.45, 7) is 1.08. The van der Waals surface area contributed by atoms with Crippen molar-refractivity contribution in [1.29, 1.82) is 0 Å². The van der Waals surface area contributed by atoms with Crippen molar-refractivity contribution < 1.29 is 28.9 Å². The van der Waals surface area contributed by atoms with Crippen LogP contribution >= 0.6 is 23.2 Å². The summed E-state index contributed by atoms with van der Waals surface area (Å²) in [6, 6.07) is 5.21. The molecule has 11 heteroatoms. The van der Waals surface area contributed by atoms with Crippen LogP contribution in [0, 0.1) is 0 Å². The average molecular weight is 434 g/mol. The molecule has 2 N–H and O–H groups in total. The fourth-order valence-electron chi connectivity index (χ4n) is 2.24. The highest BCUT2D eigenvalue weighted by atomic mass is 35.5. The molecule has 0 unspecified atom stereocenters.